The van der Waals surface area contributed by atoms with E-state index in [1.807, 2.05) is 25.1 Å². The molecular weight excluding hydrogens is 478 g/mol. The third-order valence-corrected chi connectivity index (χ3v) is 6.74. The van der Waals surface area contributed by atoms with E-state index < -0.39 is 17.7 Å². The molecule has 1 amide bonds. The number of benzene rings is 3. The maximum atomic E-state index is 13.4. The van der Waals surface area contributed by atoms with Gasteiger partial charge in [0.1, 0.15) is 17.3 Å². The van der Waals surface area contributed by atoms with Gasteiger partial charge < -0.3 is 14.9 Å². The minimum Gasteiger partial charge on any atom is -0.507 e. The van der Waals surface area contributed by atoms with Crippen LogP contribution in [0.25, 0.3) is 5.76 Å². The number of methoxy groups -OCH3 is 1. The number of aryl methyl sites for hydroxylation is 1. The third-order valence-electron chi connectivity index (χ3n) is 6.44. The van der Waals surface area contributed by atoms with E-state index in [0.29, 0.717) is 22.6 Å². The second-order valence-electron chi connectivity index (χ2n) is 9.86. The first-order chi connectivity index (χ1) is 16.9. The van der Waals surface area contributed by atoms with E-state index in [0.717, 1.165) is 11.1 Å². The zero-order valence-corrected chi connectivity index (χ0v) is 21.6. The van der Waals surface area contributed by atoms with Gasteiger partial charge in [-0.2, -0.15) is 0 Å². The summed E-state index contributed by atoms with van der Waals surface area (Å²) in [5.74, 6) is -1.38. The smallest absolute Gasteiger partial charge is 0.300 e. The van der Waals surface area contributed by atoms with Gasteiger partial charge >= 0.3 is 0 Å². The van der Waals surface area contributed by atoms with Gasteiger partial charge in [0.2, 0.25) is 0 Å². The summed E-state index contributed by atoms with van der Waals surface area (Å²) in [6.07, 6.45) is 0. The summed E-state index contributed by atoms with van der Waals surface area (Å²) >= 11 is 6.21. The van der Waals surface area contributed by atoms with E-state index in [4.69, 9.17) is 16.3 Å². The van der Waals surface area contributed by atoms with Gasteiger partial charge in [-0.05, 0) is 71.5 Å². The van der Waals surface area contributed by atoms with Crippen molar-refractivity contribution in [1.82, 2.24) is 0 Å². The van der Waals surface area contributed by atoms with E-state index in [1.165, 1.54) is 24.1 Å². The number of hydrogen-bond acceptors (Lipinski definition) is 5. The molecule has 36 heavy (non-hydrogen) atoms. The number of aromatic hydroxyl groups is 1. The summed E-state index contributed by atoms with van der Waals surface area (Å²) in [6.45, 7) is 8.01. The normalized spacial score (nSPS) is 17.5. The lowest BCUT2D eigenvalue weighted by atomic mass is 9.84. The minimum absolute atomic E-state index is 0.0493. The number of rotatable bonds is 4. The highest BCUT2D eigenvalue weighted by atomic mass is 35.5. The zero-order valence-electron chi connectivity index (χ0n) is 20.8. The Balaban J connectivity index is 1.98. The molecule has 6 nitrogen and oxygen atoms in total. The molecule has 2 N–H and O–H groups in total. The molecule has 1 fully saturated rings. The van der Waals surface area contributed by atoms with Crippen molar-refractivity contribution in [1.29, 1.82) is 0 Å². The van der Waals surface area contributed by atoms with Crippen LogP contribution in [0.5, 0.6) is 11.5 Å². The highest BCUT2D eigenvalue weighted by Gasteiger charge is 2.47. The molecule has 0 aromatic heterocycles. The second kappa shape index (κ2) is 9.36. The van der Waals surface area contributed by atoms with Crippen molar-refractivity contribution in [3.05, 3.63) is 93.5 Å². The lowest BCUT2D eigenvalue weighted by Gasteiger charge is -2.26. The quantitative estimate of drug-likeness (QED) is 0.247. The number of ether oxygens (including phenoxy) is 1. The van der Waals surface area contributed by atoms with Gasteiger partial charge in [-0.3, -0.25) is 14.5 Å². The molecule has 1 saturated heterocycles. The summed E-state index contributed by atoms with van der Waals surface area (Å²) < 4.78 is 5.22. The third kappa shape index (κ3) is 4.44. The zero-order chi connectivity index (χ0) is 26.4. The molecular formula is C29H28ClNO5. The standard InChI is InChI=1S/C29H28ClNO5/c1-16-6-8-18(29(2,3)4)15-21(16)26(33)24-25(17-7-13-23(32)22(30)14-17)31(28(35)27(24)34)19-9-11-20(36-5)12-10-19/h6-15,25,32-33H,1-5H3/b26-24+. The van der Waals surface area contributed by atoms with Crippen molar-refractivity contribution < 1.29 is 24.5 Å². The molecule has 0 spiro atoms. The van der Waals surface area contributed by atoms with Gasteiger partial charge in [0.15, 0.2) is 0 Å². The highest BCUT2D eigenvalue weighted by Crippen LogP contribution is 2.44. The number of phenolic OH excluding ortho intramolecular Hbond substituents is 1. The number of amides is 1. The van der Waals surface area contributed by atoms with Crippen LogP contribution in [-0.4, -0.2) is 29.0 Å². The number of carbonyl (C=O) groups excluding carboxylic acids is 2. The van der Waals surface area contributed by atoms with Crippen molar-refractivity contribution in [2.24, 2.45) is 0 Å². The Morgan fingerprint density at radius 2 is 1.67 bits per heavy atom. The van der Waals surface area contributed by atoms with Crippen LogP contribution >= 0.6 is 11.6 Å². The summed E-state index contributed by atoms with van der Waals surface area (Å²) in [5.41, 5.74) is 2.89. The van der Waals surface area contributed by atoms with Crippen molar-refractivity contribution in [3.63, 3.8) is 0 Å². The van der Waals surface area contributed by atoms with Crippen LogP contribution in [0, 0.1) is 6.92 Å². The number of phenols is 1. The Hall–Kier alpha value is -3.77. The molecule has 0 saturated carbocycles. The van der Waals surface area contributed by atoms with E-state index in [2.05, 4.69) is 20.8 Å². The maximum absolute atomic E-state index is 13.4. The SMILES string of the molecule is COc1ccc(N2C(=O)C(=O)/C(=C(/O)c3cc(C(C)(C)C)ccc3C)C2c2ccc(O)c(Cl)c2)cc1. The molecule has 1 aliphatic heterocycles. The lowest BCUT2D eigenvalue weighted by molar-refractivity contribution is -0.132. The summed E-state index contributed by atoms with van der Waals surface area (Å²) in [4.78, 5) is 28.1. The van der Waals surface area contributed by atoms with Crippen molar-refractivity contribution in [2.45, 2.75) is 39.2 Å². The predicted molar refractivity (Wildman–Crippen MR) is 141 cm³/mol. The molecule has 0 radical (unpaired) electrons. The first kappa shape index (κ1) is 25.3. The Morgan fingerprint density at radius 3 is 2.25 bits per heavy atom. The van der Waals surface area contributed by atoms with Crippen molar-refractivity contribution >= 4 is 34.7 Å². The van der Waals surface area contributed by atoms with Crippen LogP contribution in [0.1, 0.15) is 49.1 Å². The van der Waals surface area contributed by atoms with Crippen LogP contribution in [0.4, 0.5) is 5.69 Å². The average molecular weight is 506 g/mol. The highest BCUT2D eigenvalue weighted by molar-refractivity contribution is 6.51. The Kier molecular flexibility index (Phi) is 6.58. The number of aliphatic hydroxyl groups excluding tert-OH is 1. The molecule has 1 unspecified atom stereocenters. The van der Waals surface area contributed by atoms with Crippen LogP contribution in [0.2, 0.25) is 5.02 Å². The first-order valence-electron chi connectivity index (χ1n) is 11.5. The summed E-state index contributed by atoms with van der Waals surface area (Å²) in [6, 6.07) is 16.0. The summed E-state index contributed by atoms with van der Waals surface area (Å²) in [5, 5.41) is 21.6. The maximum Gasteiger partial charge on any atom is 0.300 e. The fourth-order valence-corrected chi connectivity index (χ4v) is 4.53. The first-order valence-corrected chi connectivity index (χ1v) is 11.9. The number of Topliss-reactive ketones (excluding diaryl/α,β-unsaturated/α-hetero) is 1. The molecule has 3 aromatic carbocycles. The van der Waals surface area contributed by atoms with Crippen molar-refractivity contribution in [3.8, 4) is 11.5 Å². The van der Waals surface area contributed by atoms with E-state index in [1.54, 1.807) is 30.3 Å². The summed E-state index contributed by atoms with van der Waals surface area (Å²) in [7, 11) is 1.54. The molecule has 186 valence electrons. The largest absolute Gasteiger partial charge is 0.507 e. The number of nitrogens with zero attached hydrogens (tertiary/aromatic N) is 1. The van der Waals surface area contributed by atoms with E-state index in [-0.39, 0.29) is 27.5 Å². The second-order valence-corrected chi connectivity index (χ2v) is 10.3. The van der Waals surface area contributed by atoms with Gasteiger partial charge in [0, 0.05) is 11.3 Å². The van der Waals surface area contributed by atoms with Crippen LogP contribution in [0.15, 0.2) is 66.2 Å². The monoisotopic (exact) mass is 505 g/mol. The fraction of sp³-hybridized carbons (Fsp3) is 0.241. The molecule has 0 aliphatic carbocycles. The van der Waals surface area contributed by atoms with Gasteiger partial charge in [-0.25, -0.2) is 0 Å². The molecule has 1 atom stereocenters. The van der Waals surface area contributed by atoms with Gasteiger partial charge in [-0.1, -0.05) is 50.6 Å². The molecule has 4 rings (SSSR count). The Labute approximate surface area is 215 Å². The Morgan fingerprint density at radius 1 is 1.00 bits per heavy atom. The topological polar surface area (TPSA) is 87.1 Å². The molecule has 7 heteroatoms. The van der Waals surface area contributed by atoms with Gasteiger partial charge in [0.05, 0.1) is 23.7 Å². The van der Waals surface area contributed by atoms with E-state index >= 15 is 0 Å². The number of aliphatic hydroxyl groups is 1. The molecule has 1 aliphatic rings. The predicted octanol–water partition coefficient (Wildman–Crippen LogP) is 6.29. The molecule has 1 heterocycles. The minimum atomic E-state index is -0.964. The van der Waals surface area contributed by atoms with Crippen LogP contribution < -0.4 is 9.64 Å². The number of ketones is 1. The van der Waals surface area contributed by atoms with Crippen LogP contribution in [-0.2, 0) is 15.0 Å². The van der Waals surface area contributed by atoms with Crippen LogP contribution in [0.3, 0.4) is 0 Å². The number of halogens is 1. The van der Waals surface area contributed by atoms with Gasteiger partial charge in [0.25, 0.3) is 11.7 Å². The number of anilines is 1. The van der Waals surface area contributed by atoms with Crippen molar-refractivity contribution in [2.75, 3.05) is 12.0 Å². The van der Waals surface area contributed by atoms with Gasteiger partial charge in [-0.15, -0.1) is 0 Å². The number of hydrogen-bond donors (Lipinski definition) is 2. The lowest BCUT2D eigenvalue weighted by Crippen LogP contribution is -2.29. The Bertz CT molecular complexity index is 1390. The molecule has 0 bridgehead atoms. The average Bonchev–Trinajstić information content (AvgIpc) is 3.10. The number of carbonyl (C=O) groups is 2. The fourth-order valence-electron chi connectivity index (χ4n) is 4.34. The molecule has 3 aromatic rings. The van der Waals surface area contributed by atoms with E-state index in [9.17, 15) is 19.8 Å².